The van der Waals surface area contributed by atoms with Crippen LogP contribution < -0.4 is 5.32 Å². The lowest BCUT2D eigenvalue weighted by Gasteiger charge is -2.11. The summed E-state index contributed by atoms with van der Waals surface area (Å²) in [4.78, 5) is 14.3. The quantitative estimate of drug-likeness (QED) is 0.812. The van der Waals surface area contributed by atoms with E-state index in [0.717, 1.165) is 31.0 Å². The zero-order valence-electron chi connectivity index (χ0n) is 10.7. The van der Waals surface area contributed by atoms with E-state index in [2.05, 4.69) is 27.5 Å². The molecule has 1 aliphatic rings. The minimum absolute atomic E-state index is 0.0108. The van der Waals surface area contributed by atoms with E-state index in [-0.39, 0.29) is 5.91 Å². The van der Waals surface area contributed by atoms with Crippen LogP contribution in [0.3, 0.4) is 0 Å². The second-order valence-electron chi connectivity index (χ2n) is 4.94. The smallest absolute Gasteiger partial charge is 0.255 e. The first kappa shape index (κ1) is 12.1. The van der Waals surface area contributed by atoms with Gasteiger partial charge in [0.25, 0.3) is 5.91 Å². The van der Waals surface area contributed by atoms with Crippen molar-refractivity contribution in [1.82, 2.24) is 20.4 Å². The summed E-state index contributed by atoms with van der Waals surface area (Å²) in [6, 6.07) is 0. The maximum atomic E-state index is 12.0. The minimum Gasteiger partial charge on any atom is -0.352 e. The van der Waals surface area contributed by atoms with Crippen LogP contribution >= 0.6 is 0 Å². The van der Waals surface area contributed by atoms with Crippen molar-refractivity contribution in [3.05, 3.63) is 17.0 Å². The molecule has 0 bridgehead atoms. The third-order valence-corrected chi connectivity index (χ3v) is 3.40. The number of nitrogens with one attached hydrogen (secondary N) is 2. The monoisotopic (exact) mass is 236 g/mol. The summed E-state index contributed by atoms with van der Waals surface area (Å²) in [5.41, 5.74) is 2.29. The van der Waals surface area contributed by atoms with Crippen molar-refractivity contribution in [2.45, 2.75) is 20.3 Å². The molecular formula is C12H20N4O. The van der Waals surface area contributed by atoms with E-state index in [1.54, 1.807) is 0 Å². The van der Waals surface area contributed by atoms with Gasteiger partial charge in [-0.1, -0.05) is 0 Å². The van der Waals surface area contributed by atoms with Crippen LogP contribution in [0.1, 0.15) is 28.2 Å². The maximum Gasteiger partial charge on any atom is 0.255 e. The predicted octanol–water partition coefficient (Wildman–Crippen LogP) is 0.708. The van der Waals surface area contributed by atoms with Crippen LogP contribution in [-0.4, -0.2) is 47.7 Å². The van der Waals surface area contributed by atoms with Gasteiger partial charge in [0.2, 0.25) is 0 Å². The lowest BCUT2D eigenvalue weighted by Crippen LogP contribution is -2.31. The van der Waals surface area contributed by atoms with E-state index in [1.807, 2.05) is 13.8 Å². The second kappa shape index (κ2) is 4.87. The Bertz CT molecular complexity index is 393. The van der Waals surface area contributed by atoms with Crippen LogP contribution in [0, 0.1) is 19.8 Å². The number of hydrogen-bond acceptors (Lipinski definition) is 3. The van der Waals surface area contributed by atoms with Gasteiger partial charge < -0.3 is 10.2 Å². The molecule has 2 heterocycles. The summed E-state index contributed by atoms with van der Waals surface area (Å²) in [7, 11) is 2.12. The van der Waals surface area contributed by atoms with Crippen molar-refractivity contribution in [3.8, 4) is 0 Å². The molecule has 1 atom stereocenters. The number of H-pyrrole nitrogens is 1. The Hall–Kier alpha value is -1.36. The molecule has 17 heavy (non-hydrogen) atoms. The molecule has 0 radical (unpaired) electrons. The second-order valence-corrected chi connectivity index (χ2v) is 4.94. The maximum absolute atomic E-state index is 12.0. The number of aromatic amines is 1. The van der Waals surface area contributed by atoms with Gasteiger partial charge in [-0.3, -0.25) is 9.89 Å². The van der Waals surface area contributed by atoms with Gasteiger partial charge in [0, 0.05) is 18.8 Å². The van der Waals surface area contributed by atoms with E-state index in [9.17, 15) is 4.79 Å². The molecule has 94 valence electrons. The fourth-order valence-electron chi connectivity index (χ4n) is 2.40. The normalized spacial score (nSPS) is 20.8. The number of likely N-dealkylation sites (tertiary alicyclic amines) is 1. The first-order valence-electron chi connectivity index (χ1n) is 6.06. The number of carbonyl (C=O) groups is 1. The summed E-state index contributed by atoms with van der Waals surface area (Å²) < 4.78 is 0. The molecule has 1 aromatic rings. The zero-order valence-corrected chi connectivity index (χ0v) is 10.7. The molecule has 1 fully saturated rings. The van der Waals surface area contributed by atoms with Crippen molar-refractivity contribution in [2.75, 3.05) is 26.7 Å². The molecule has 0 aliphatic carbocycles. The molecule has 5 heteroatoms. The standard InChI is InChI=1S/C12H20N4O/c1-8-11(9(2)15-14-8)12(17)13-6-10-4-5-16(3)7-10/h10H,4-7H2,1-3H3,(H,13,17)(H,14,15). The number of aryl methyl sites for hydroxylation is 2. The highest BCUT2D eigenvalue weighted by atomic mass is 16.1. The summed E-state index contributed by atoms with van der Waals surface area (Å²) in [6.45, 7) is 6.68. The summed E-state index contributed by atoms with van der Waals surface area (Å²) in [5.74, 6) is 0.569. The van der Waals surface area contributed by atoms with Gasteiger partial charge in [0.15, 0.2) is 0 Å². The number of nitrogens with zero attached hydrogens (tertiary/aromatic N) is 2. The van der Waals surface area contributed by atoms with E-state index in [1.165, 1.54) is 6.42 Å². The Balaban J connectivity index is 1.90. The summed E-state index contributed by atoms with van der Waals surface area (Å²) >= 11 is 0. The molecule has 5 nitrogen and oxygen atoms in total. The average Bonchev–Trinajstić information content (AvgIpc) is 2.83. The van der Waals surface area contributed by atoms with Crippen LogP contribution in [0.2, 0.25) is 0 Å². The number of aromatic nitrogens is 2. The molecule has 0 aromatic carbocycles. The molecular weight excluding hydrogens is 216 g/mol. The molecule has 1 aliphatic heterocycles. The lowest BCUT2D eigenvalue weighted by atomic mass is 10.1. The van der Waals surface area contributed by atoms with Crippen molar-refractivity contribution in [1.29, 1.82) is 0 Å². The molecule has 0 spiro atoms. The van der Waals surface area contributed by atoms with Gasteiger partial charge >= 0.3 is 0 Å². The molecule has 1 saturated heterocycles. The van der Waals surface area contributed by atoms with Gasteiger partial charge in [-0.05, 0) is 39.8 Å². The highest BCUT2D eigenvalue weighted by Crippen LogP contribution is 2.14. The minimum atomic E-state index is -0.0108. The number of rotatable bonds is 3. The molecule has 2 N–H and O–H groups in total. The predicted molar refractivity (Wildman–Crippen MR) is 66.0 cm³/mol. The van der Waals surface area contributed by atoms with Crippen molar-refractivity contribution in [2.24, 2.45) is 5.92 Å². The Kier molecular flexibility index (Phi) is 3.47. The Labute approximate surface area is 102 Å². The third kappa shape index (κ3) is 2.66. The molecule has 0 saturated carbocycles. The van der Waals surface area contributed by atoms with Crippen LogP contribution in [0.15, 0.2) is 0 Å². The lowest BCUT2D eigenvalue weighted by molar-refractivity contribution is 0.0946. The topological polar surface area (TPSA) is 61.0 Å². The Morgan fingerprint density at radius 3 is 2.88 bits per heavy atom. The average molecular weight is 236 g/mol. The van der Waals surface area contributed by atoms with Crippen LogP contribution in [0.25, 0.3) is 0 Å². The molecule has 1 unspecified atom stereocenters. The summed E-state index contributed by atoms with van der Waals surface area (Å²) in [6.07, 6.45) is 1.17. The highest BCUT2D eigenvalue weighted by molar-refractivity contribution is 5.96. The number of hydrogen-bond donors (Lipinski definition) is 2. The highest BCUT2D eigenvalue weighted by Gasteiger charge is 2.21. The van der Waals surface area contributed by atoms with Crippen molar-refractivity contribution in [3.63, 3.8) is 0 Å². The van der Waals surface area contributed by atoms with Crippen LogP contribution in [-0.2, 0) is 0 Å². The number of carbonyl (C=O) groups excluding carboxylic acids is 1. The fourth-order valence-corrected chi connectivity index (χ4v) is 2.40. The summed E-state index contributed by atoms with van der Waals surface area (Å²) in [5, 5.41) is 9.87. The van der Waals surface area contributed by atoms with Crippen LogP contribution in [0.4, 0.5) is 0 Å². The van der Waals surface area contributed by atoms with Gasteiger partial charge in [-0.15, -0.1) is 0 Å². The van der Waals surface area contributed by atoms with E-state index >= 15 is 0 Å². The van der Waals surface area contributed by atoms with E-state index in [0.29, 0.717) is 11.5 Å². The van der Waals surface area contributed by atoms with Gasteiger partial charge in [-0.2, -0.15) is 5.10 Å². The molecule has 2 rings (SSSR count). The van der Waals surface area contributed by atoms with Gasteiger partial charge in [0.1, 0.15) is 0 Å². The van der Waals surface area contributed by atoms with E-state index < -0.39 is 0 Å². The zero-order chi connectivity index (χ0) is 12.4. The first-order valence-corrected chi connectivity index (χ1v) is 6.06. The SMILES string of the molecule is Cc1n[nH]c(C)c1C(=O)NCC1CCN(C)C1. The largest absolute Gasteiger partial charge is 0.352 e. The van der Waals surface area contributed by atoms with Crippen molar-refractivity contribution >= 4 is 5.91 Å². The third-order valence-electron chi connectivity index (χ3n) is 3.40. The van der Waals surface area contributed by atoms with Gasteiger partial charge in [0.05, 0.1) is 11.3 Å². The molecule has 1 amide bonds. The molecule has 1 aromatic heterocycles. The fraction of sp³-hybridized carbons (Fsp3) is 0.667. The van der Waals surface area contributed by atoms with Crippen LogP contribution in [0.5, 0.6) is 0 Å². The number of amides is 1. The van der Waals surface area contributed by atoms with E-state index in [4.69, 9.17) is 0 Å². The van der Waals surface area contributed by atoms with Crippen molar-refractivity contribution < 1.29 is 4.79 Å². The Morgan fingerprint density at radius 2 is 2.35 bits per heavy atom. The first-order chi connectivity index (χ1) is 8.08. The Morgan fingerprint density at radius 1 is 1.59 bits per heavy atom. The van der Waals surface area contributed by atoms with Gasteiger partial charge in [-0.25, -0.2) is 0 Å².